The number of halogens is 1. The lowest BCUT2D eigenvalue weighted by atomic mass is 10.1. The molecule has 3 aromatic rings. The van der Waals surface area contributed by atoms with E-state index in [1.54, 1.807) is 0 Å². The molecule has 0 atom stereocenters. The number of aliphatic hydroxyl groups excluding tert-OH is 1. The summed E-state index contributed by atoms with van der Waals surface area (Å²) < 4.78 is 3.25. The van der Waals surface area contributed by atoms with Gasteiger partial charge in [0.15, 0.2) is 0 Å². The fourth-order valence-electron chi connectivity index (χ4n) is 2.56. The summed E-state index contributed by atoms with van der Waals surface area (Å²) in [6.45, 7) is 2.11. The molecule has 96 valence electrons. The van der Waals surface area contributed by atoms with Gasteiger partial charge in [0.2, 0.25) is 0 Å². The van der Waals surface area contributed by atoms with E-state index in [0.717, 1.165) is 32.3 Å². The number of hydrogen-bond acceptors (Lipinski definition) is 1. The zero-order chi connectivity index (χ0) is 13.4. The molecule has 2 nitrogen and oxygen atoms in total. The third-order valence-corrected chi connectivity index (χ3v) is 4.01. The van der Waals surface area contributed by atoms with Gasteiger partial charge in [0.1, 0.15) is 0 Å². The number of aliphatic hydroxyl groups is 1. The van der Waals surface area contributed by atoms with Gasteiger partial charge in [0, 0.05) is 26.8 Å². The first-order chi connectivity index (χ1) is 9.22. The molecule has 0 saturated heterocycles. The normalized spacial score (nSPS) is 11.1. The van der Waals surface area contributed by atoms with E-state index in [0.29, 0.717) is 0 Å². The van der Waals surface area contributed by atoms with E-state index < -0.39 is 0 Å². The molecule has 3 heteroatoms. The predicted octanol–water partition coefficient (Wildman–Crippen LogP) is 4.19. The highest BCUT2D eigenvalue weighted by Gasteiger charge is 2.13. The lowest BCUT2D eigenvalue weighted by Gasteiger charge is -2.08. The maximum absolute atomic E-state index is 9.60. The van der Waals surface area contributed by atoms with Crippen LogP contribution in [0.15, 0.2) is 53.0 Å². The monoisotopic (exact) mass is 315 g/mol. The lowest BCUT2D eigenvalue weighted by Crippen LogP contribution is -1.97. The highest BCUT2D eigenvalue weighted by Crippen LogP contribution is 2.29. The van der Waals surface area contributed by atoms with Crippen molar-refractivity contribution in [3.63, 3.8) is 0 Å². The number of rotatable bonds is 2. The van der Waals surface area contributed by atoms with Crippen molar-refractivity contribution in [2.24, 2.45) is 0 Å². The summed E-state index contributed by atoms with van der Waals surface area (Å²) >= 11 is 3.46. The van der Waals surface area contributed by atoms with E-state index in [1.807, 2.05) is 31.2 Å². The molecule has 0 fully saturated rings. The van der Waals surface area contributed by atoms with Crippen molar-refractivity contribution in [2.45, 2.75) is 13.5 Å². The summed E-state index contributed by atoms with van der Waals surface area (Å²) in [5.41, 5.74) is 4.33. The van der Waals surface area contributed by atoms with Crippen LogP contribution in [0.25, 0.3) is 16.6 Å². The average Bonchev–Trinajstić information content (AvgIpc) is 2.71. The molecule has 0 radical (unpaired) electrons. The largest absolute Gasteiger partial charge is 0.392 e. The molecule has 1 heterocycles. The first kappa shape index (κ1) is 12.5. The Morgan fingerprint density at radius 3 is 2.42 bits per heavy atom. The molecule has 0 bridgehead atoms. The molecule has 0 amide bonds. The van der Waals surface area contributed by atoms with Gasteiger partial charge in [-0.3, -0.25) is 0 Å². The number of benzene rings is 2. The minimum atomic E-state index is 0.0654. The summed E-state index contributed by atoms with van der Waals surface area (Å²) in [7, 11) is 0. The zero-order valence-electron chi connectivity index (χ0n) is 10.6. The second-order valence-corrected chi connectivity index (χ2v) is 5.47. The molecule has 0 saturated carbocycles. The van der Waals surface area contributed by atoms with Crippen molar-refractivity contribution >= 4 is 26.8 Å². The molecule has 19 heavy (non-hydrogen) atoms. The fourth-order valence-corrected chi connectivity index (χ4v) is 2.82. The van der Waals surface area contributed by atoms with Crippen LogP contribution in [0.3, 0.4) is 0 Å². The quantitative estimate of drug-likeness (QED) is 0.753. The molecule has 0 aliphatic heterocycles. The molecule has 0 aliphatic rings. The lowest BCUT2D eigenvalue weighted by molar-refractivity contribution is 0.282. The molecular weight excluding hydrogens is 302 g/mol. The van der Waals surface area contributed by atoms with Gasteiger partial charge in [0.25, 0.3) is 0 Å². The van der Waals surface area contributed by atoms with E-state index >= 15 is 0 Å². The minimum absolute atomic E-state index is 0.0654. The maximum atomic E-state index is 9.60. The van der Waals surface area contributed by atoms with Gasteiger partial charge in [-0.1, -0.05) is 34.1 Å². The zero-order valence-corrected chi connectivity index (χ0v) is 12.2. The molecule has 1 aromatic heterocycles. The Labute approximate surface area is 120 Å². The first-order valence-electron chi connectivity index (χ1n) is 6.18. The third kappa shape index (κ3) is 1.99. The molecule has 3 rings (SSSR count). The Bertz CT molecular complexity index is 728. The molecule has 0 spiro atoms. The van der Waals surface area contributed by atoms with Crippen molar-refractivity contribution in [1.82, 2.24) is 4.57 Å². The highest BCUT2D eigenvalue weighted by atomic mass is 79.9. The molecule has 2 aromatic carbocycles. The van der Waals surface area contributed by atoms with E-state index in [9.17, 15) is 5.11 Å². The molecule has 0 unspecified atom stereocenters. The van der Waals surface area contributed by atoms with E-state index in [-0.39, 0.29) is 6.61 Å². The first-order valence-corrected chi connectivity index (χ1v) is 6.97. The highest BCUT2D eigenvalue weighted by molar-refractivity contribution is 9.10. The second-order valence-electron chi connectivity index (χ2n) is 4.55. The number of aromatic nitrogens is 1. The Kier molecular flexibility index (Phi) is 3.17. The van der Waals surface area contributed by atoms with Crippen LogP contribution >= 0.6 is 15.9 Å². The summed E-state index contributed by atoms with van der Waals surface area (Å²) in [6, 6.07) is 16.4. The Morgan fingerprint density at radius 2 is 1.74 bits per heavy atom. The van der Waals surface area contributed by atoms with Gasteiger partial charge < -0.3 is 9.67 Å². The summed E-state index contributed by atoms with van der Waals surface area (Å²) in [6.07, 6.45) is 0. The van der Waals surface area contributed by atoms with Crippen molar-refractivity contribution in [3.8, 4) is 5.69 Å². The smallest absolute Gasteiger partial charge is 0.0705 e. The van der Waals surface area contributed by atoms with Crippen LogP contribution in [0.5, 0.6) is 0 Å². The van der Waals surface area contributed by atoms with Crippen LogP contribution in [-0.4, -0.2) is 9.67 Å². The van der Waals surface area contributed by atoms with Crippen molar-refractivity contribution < 1.29 is 5.11 Å². The molecule has 0 aliphatic carbocycles. The fraction of sp³-hybridized carbons (Fsp3) is 0.125. The van der Waals surface area contributed by atoms with Gasteiger partial charge in [0.05, 0.1) is 12.1 Å². The molecule has 1 N–H and O–H groups in total. The van der Waals surface area contributed by atoms with Crippen LogP contribution in [0, 0.1) is 6.92 Å². The Hall–Kier alpha value is -1.58. The predicted molar refractivity (Wildman–Crippen MR) is 81.6 cm³/mol. The standard InChI is InChI=1S/C16H14BrNO/c1-11-15(10-19)14-4-2-3-5-16(14)18(11)13-8-6-12(17)7-9-13/h2-9,19H,10H2,1H3. The van der Waals surface area contributed by atoms with E-state index in [2.05, 4.69) is 44.8 Å². The summed E-state index contributed by atoms with van der Waals surface area (Å²) in [5.74, 6) is 0. The van der Waals surface area contributed by atoms with Gasteiger partial charge in [-0.25, -0.2) is 0 Å². The summed E-state index contributed by atoms with van der Waals surface area (Å²) in [5, 5.41) is 10.7. The van der Waals surface area contributed by atoms with Gasteiger partial charge in [-0.2, -0.15) is 0 Å². The third-order valence-electron chi connectivity index (χ3n) is 3.49. The SMILES string of the molecule is Cc1c(CO)c2ccccc2n1-c1ccc(Br)cc1. The Balaban J connectivity index is 2.34. The topological polar surface area (TPSA) is 25.2 Å². The van der Waals surface area contributed by atoms with Crippen LogP contribution in [-0.2, 0) is 6.61 Å². The Morgan fingerprint density at radius 1 is 1.05 bits per heavy atom. The van der Waals surface area contributed by atoms with Crippen LogP contribution in [0.4, 0.5) is 0 Å². The maximum Gasteiger partial charge on any atom is 0.0705 e. The average molecular weight is 316 g/mol. The van der Waals surface area contributed by atoms with Gasteiger partial charge in [-0.15, -0.1) is 0 Å². The van der Waals surface area contributed by atoms with E-state index in [4.69, 9.17) is 0 Å². The van der Waals surface area contributed by atoms with Crippen molar-refractivity contribution in [2.75, 3.05) is 0 Å². The number of hydrogen-bond donors (Lipinski definition) is 1. The van der Waals surface area contributed by atoms with Crippen LogP contribution < -0.4 is 0 Å². The second kappa shape index (κ2) is 4.83. The number of nitrogens with zero attached hydrogens (tertiary/aromatic N) is 1. The number of fused-ring (bicyclic) bond motifs is 1. The minimum Gasteiger partial charge on any atom is -0.392 e. The van der Waals surface area contributed by atoms with Crippen molar-refractivity contribution in [1.29, 1.82) is 0 Å². The van der Waals surface area contributed by atoms with Crippen LogP contribution in [0.1, 0.15) is 11.3 Å². The number of para-hydroxylation sites is 1. The molecular formula is C16H14BrNO. The van der Waals surface area contributed by atoms with Gasteiger partial charge in [-0.05, 0) is 37.3 Å². The van der Waals surface area contributed by atoms with Gasteiger partial charge >= 0.3 is 0 Å². The van der Waals surface area contributed by atoms with Crippen molar-refractivity contribution in [3.05, 3.63) is 64.3 Å². The van der Waals surface area contributed by atoms with Crippen LogP contribution in [0.2, 0.25) is 0 Å². The van der Waals surface area contributed by atoms with E-state index in [1.165, 1.54) is 0 Å². The summed E-state index contributed by atoms with van der Waals surface area (Å²) in [4.78, 5) is 0.